The van der Waals surface area contributed by atoms with Crippen LogP contribution in [0.3, 0.4) is 0 Å². The molecule has 0 radical (unpaired) electrons. The van der Waals surface area contributed by atoms with Gasteiger partial charge < -0.3 is 28.8 Å². The SMILES string of the molecule is CC1=C[C@H]2O[C@@H]3C[C@H]4OC(=O)/C=C\C=C\C(C(C)O)OCC(=O)[C@@H](C)CC(=O)OC[C@@]2(CC1)[C@]4(C)[C@]31CO1. The summed E-state index contributed by atoms with van der Waals surface area (Å²) in [4.78, 5) is 38.6. The molecule has 2 spiro atoms. The number of hydrogen-bond donors (Lipinski definition) is 1. The van der Waals surface area contributed by atoms with Gasteiger partial charge in [0.1, 0.15) is 31.0 Å². The lowest BCUT2D eigenvalue weighted by atomic mass is 9.51. The van der Waals surface area contributed by atoms with Crippen molar-refractivity contribution in [2.24, 2.45) is 16.7 Å². The van der Waals surface area contributed by atoms with E-state index < -0.39 is 52.6 Å². The third-order valence-corrected chi connectivity index (χ3v) is 9.53. The van der Waals surface area contributed by atoms with Crippen LogP contribution in [0.25, 0.3) is 0 Å². The summed E-state index contributed by atoms with van der Waals surface area (Å²) >= 11 is 0. The third-order valence-electron chi connectivity index (χ3n) is 9.53. The van der Waals surface area contributed by atoms with Crippen LogP contribution >= 0.6 is 0 Å². The fourth-order valence-corrected chi connectivity index (χ4v) is 6.93. The maximum atomic E-state index is 13.0. The zero-order valence-electron chi connectivity index (χ0n) is 22.5. The highest BCUT2D eigenvalue weighted by Crippen LogP contribution is 2.72. The molecule has 0 aromatic rings. The van der Waals surface area contributed by atoms with E-state index in [0.29, 0.717) is 19.4 Å². The first kappa shape index (κ1) is 27.2. The molecule has 3 aliphatic heterocycles. The highest BCUT2D eigenvalue weighted by molar-refractivity contribution is 5.86. The predicted molar refractivity (Wildman–Crippen MR) is 135 cm³/mol. The van der Waals surface area contributed by atoms with Crippen LogP contribution in [-0.4, -0.2) is 78.8 Å². The van der Waals surface area contributed by atoms with E-state index in [1.807, 2.05) is 0 Å². The average molecular weight is 531 g/mol. The lowest BCUT2D eigenvalue weighted by molar-refractivity contribution is -0.233. The van der Waals surface area contributed by atoms with E-state index in [1.54, 1.807) is 26.0 Å². The van der Waals surface area contributed by atoms with Gasteiger partial charge in [-0.1, -0.05) is 43.7 Å². The summed E-state index contributed by atoms with van der Waals surface area (Å²) in [6, 6.07) is 0. The van der Waals surface area contributed by atoms with E-state index in [-0.39, 0.29) is 37.6 Å². The standard InChI is InChI=1S/C29H38O9/c1-17-9-10-28-15-35-26(33)12-18(2)20(31)14-34-21(19(3)30)7-5-6-8-25(32)38-22-13-24(37-23(28)11-17)29(16-36-29)27(22,28)4/h5-8,11,18-19,21-24,30H,9-10,12-16H2,1-4H3/b7-5+,8-6-/t18-,19?,21?,22+,23+,24+,27+,28+,29-/m0/s1. The number of cyclic esters (lactones) is 1. The number of aliphatic hydroxyl groups is 1. The van der Waals surface area contributed by atoms with Crippen LogP contribution in [0.15, 0.2) is 36.0 Å². The number of ketones is 1. The number of aliphatic hydroxyl groups excluding tert-OH is 1. The Bertz CT molecular complexity index is 1070. The number of Topliss-reactive ketones (excluding diaryl/α,β-unsaturated/α-hetero) is 1. The van der Waals surface area contributed by atoms with Gasteiger partial charge in [0.05, 0.1) is 36.8 Å². The van der Waals surface area contributed by atoms with Crippen molar-refractivity contribution in [3.8, 4) is 0 Å². The van der Waals surface area contributed by atoms with Crippen LogP contribution < -0.4 is 0 Å². The molecule has 9 nitrogen and oxygen atoms in total. The first-order valence-corrected chi connectivity index (χ1v) is 13.5. The van der Waals surface area contributed by atoms with Crippen molar-refractivity contribution in [2.75, 3.05) is 19.8 Å². The molecule has 38 heavy (non-hydrogen) atoms. The van der Waals surface area contributed by atoms with Crippen molar-refractivity contribution in [3.63, 3.8) is 0 Å². The second kappa shape index (κ2) is 10.0. The van der Waals surface area contributed by atoms with Gasteiger partial charge in [0.15, 0.2) is 5.78 Å². The summed E-state index contributed by atoms with van der Waals surface area (Å²) < 4.78 is 30.3. The van der Waals surface area contributed by atoms with Crippen LogP contribution in [0.5, 0.6) is 0 Å². The zero-order valence-corrected chi connectivity index (χ0v) is 22.5. The zero-order chi connectivity index (χ0) is 27.3. The maximum Gasteiger partial charge on any atom is 0.331 e. The molecule has 5 aliphatic rings. The Labute approximate surface area is 223 Å². The van der Waals surface area contributed by atoms with Gasteiger partial charge in [-0.25, -0.2) is 4.79 Å². The lowest BCUT2D eigenvalue weighted by Crippen LogP contribution is -2.66. The minimum absolute atomic E-state index is 0.0722. The number of esters is 2. The van der Waals surface area contributed by atoms with E-state index in [4.69, 9.17) is 23.7 Å². The van der Waals surface area contributed by atoms with Gasteiger partial charge in [-0.2, -0.15) is 0 Å². The van der Waals surface area contributed by atoms with Crippen molar-refractivity contribution in [1.29, 1.82) is 0 Å². The van der Waals surface area contributed by atoms with Gasteiger partial charge in [0.25, 0.3) is 0 Å². The number of ether oxygens (including phenoxy) is 5. The van der Waals surface area contributed by atoms with E-state index in [9.17, 15) is 19.5 Å². The fourth-order valence-electron chi connectivity index (χ4n) is 6.93. The predicted octanol–water partition coefficient (Wildman–Crippen LogP) is 2.60. The second-order valence-corrected chi connectivity index (χ2v) is 11.7. The molecule has 2 aliphatic carbocycles. The van der Waals surface area contributed by atoms with Gasteiger partial charge in [0.2, 0.25) is 0 Å². The Balaban J connectivity index is 1.50. The fraction of sp³-hybridized carbons (Fsp3) is 0.690. The van der Waals surface area contributed by atoms with Crippen molar-refractivity contribution < 1.29 is 43.2 Å². The molecule has 1 saturated carbocycles. The minimum atomic E-state index is -0.880. The van der Waals surface area contributed by atoms with Crippen molar-refractivity contribution in [2.45, 2.75) is 89.5 Å². The Hall–Kier alpha value is -2.33. The van der Waals surface area contributed by atoms with Gasteiger partial charge in [0, 0.05) is 23.8 Å². The van der Waals surface area contributed by atoms with Crippen molar-refractivity contribution >= 4 is 17.7 Å². The van der Waals surface area contributed by atoms with E-state index in [0.717, 1.165) is 6.42 Å². The molecule has 2 saturated heterocycles. The first-order valence-electron chi connectivity index (χ1n) is 13.5. The Kier molecular flexibility index (Phi) is 7.18. The number of epoxide rings is 1. The summed E-state index contributed by atoms with van der Waals surface area (Å²) in [6.07, 6.45) is 7.35. The van der Waals surface area contributed by atoms with Gasteiger partial charge >= 0.3 is 11.9 Å². The second-order valence-electron chi connectivity index (χ2n) is 11.7. The molecular formula is C29H38O9. The molecule has 3 heterocycles. The van der Waals surface area contributed by atoms with E-state index >= 15 is 0 Å². The summed E-state index contributed by atoms with van der Waals surface area (Å²) in [7, 11) is 0. The Morgan fingerprint density at radius 3 is 2.61 bits per heavy atom. The quantitative estimate of drug-likeness (QED) is 0.310. The van der Waals surface area contributed by atoms with E-state index in [1.165, 1.54) is 17.7 Å². The molecule has 0 aromatic heterocycles. The average Bonchev–Trinajstić information content (AvgIpc) is 3.64. The molecule has 2 bridgehead atoms. The molecule has 1 N–H and O–H groups in total. The van der Waals surface area contributed by atoms with Crippen molar-refractivity contribution in [1.82, 2.24) is 0 Å². The molecular weight excluding hydrogens is 492 g/mol. The summed E-state index contributed by atoms with van der Waals surface area (Å²) in [5, 5.41) is 10.0. The number of rotatable bonds is 1. The number of carbonyl (C=O) groups excluding carboxylic acids is 3. The highest BCUT2D eigenvalue weighted by Gasteiger charge is 2.83. The van der Waals surface area contributed by atoms with Gasteiger partial charge in [-0.15, -0.1) is 0 Å². The maximum absolute atomic E-state index is 13.0. The number of carbonyl (C=O) groups is 3. The first-order chi connectivity index (χ1) is 18.0. The molecule has 2 unspecified atom stereocenters. The largest absolute Gasteiger partial charge is 0.465 e. The Morgan fingerprint density at radius 2 is 1.89 bits per heavy atom. The molecule has 3 fully saturated rings. The highest BCUT2D eigenvalue weighted by atomic mass is 16.6. The molecule has 208 valence electrons. The number of hydrogen-bond acceptors (Lipinski definition) is 9. The van der Waals surface area contributed by atoms with Crippen LogP contribution in [0.4, 0.5) is 0 Å². The molecule has 0 amide bonds. The normalized spacial score (nSPS) is 46.1. The van der Waals surface area contributed by atoms with Crippen LogP contribution in [-0.2, 0) is 38.1 Å². The third kappa shape index (κ3) is 4.37. The Morgan fingerprint density at radius 1 is 1.13 bits per heavy atom. The van der Waals surface area contributed by atoms with Crippen LogP contribution in [0, 0.1) is 16.7 Å². The van der Waals surface area contributed by atoms with E-state index in [2.05, 4.69) is 19.9 Å². The topological polar surface area (TPSA) is 121 Å². The molecule has 0 aromatic carbocycles. The van der Waals surface area contributed by atoms with Crippen LogP contribution in [0.2, 0.25) is 0 Å². The summed E-state index contributed by atoms with van der Waals surface area (Å²) in [5.74, 6) is -1.85. The smallest absolute Gasteiger partial charge is 0.331 e. The summed E-state index contributed by atoms with van der Waals surface area (Å²) in [6.45, 7) is 7.69. The van der Waals surface area contributed by atoms with Gasteiger partial charge in [-0.05, 0) is 26.7 Å². The van der Waals surface area contributed by atoms with Crippen LogP contribution in [0.1, 0.15) is 53.4 Å². The summed E-state index contributed by atoms with van der Waals surface area (Å²) in [5.41, 5.74) is -0.704. The monoisotopic (exact) mass is 530 g/mol. The minimum Gasteiger partial charge on any atom is -0.465 e. The van der Waals surface area contributed by atoms with Crippen molar-refractivity contribution in [3.05, 3.63) is 36.0 Å². The van der Waals surface area contributed by atoms with Gasteiger partial charge in [-0.3, -0.25) is 9.59 Å². The number of allylic oxidation sites excluding steroid dienone is 3. The lowest BCUT2D eigenvalue weighted by Gasteiger charge is -2.58. The molecule has 9 heteroatoms. The molecule has 9 atom stereocenters. The molecule has 5 rings (SSSR count).